The number of rotatable bonds is 9. The number of hydrogen-bond acceptors (Lipinski definition) is 6. The van der Waals surface area contributed by atoms with E-state index in [1.807, 2.05) is 4.90 Å². The maximum Gasteiger partial charge on any atom is 0.423 e. The molecule has 2 aromatic carbocycles. The van der Waals surface area contributed by atoms with Crippen LogP contribution in [0.1, 0.15) is 49.7 Å². The molecule has 1 aliphatic heterocycles. The Morgan fingerprint density at radius 1 is 0.929 bits per heavy atom. The van der Waals surface area contributed by atoms with Gasteiger partial charge in [0.1, 0.15) is 12.2 Å². The first-order valence-corrected chi connectivity index (χ1v) is 13.7. The summed E-state index contributed by atoms with van der Waals surface area (Å²) >= 11 is 0. The molecule has 0 radical (unpaired) electrons. The molecule has 0 unspecified atom stereocenters. The van der Waals surface area contributed by atoms with E-state index in [1.54, 1.807) is 0 Å². The second kappa shape index (κ2) is 13.2. The van der Waals surface area contributed by atoms with Crippen molar-refractivity contribution in [3.8, 4) is 0 Å². The molecule has 0 bridgehead atoms. The Kier molecular flexibility index (Phi) is 9.85. The Morgan fingerprint density at radius 2 is 1.57 bits per heavy atom. The summed E-state index contributed by atoms with van der Waals surface area (Å²) in [7, 11) is 0. The Labute approximate surface area is 238 Å². The summed E-state index contributed by atoms with van der Waals surface area (Å²) in [5.41, 5.74) is -2.08. The predicted molar refractivity (Wildman–Crippen MR) is 143 cm³/mol. The van der Waals surface area contributed by atoms with Gasteiger partial charge in [0.2, 0.25) is 5.91 Å². The number of piperidine rings is 1. The van der Waals surface area contributed by atoms with Gasteiger partial charge in [0.15, 0.2) is 0 Å². The molecular weight excluding hydrogens is 570 g/mol. The summed E-state index contributed by atoms with van der Waals surface area (Å²) in [6, 6.07) is 7.85. The van der Waals surface area contributed by atoms with E-state index in [1.165, 1.54) is 18.2 Å². The minimum atomic E-state index is -4.85. The number of halogens is 6. The average Bonchev–Trinajstić information content (AvgIpc) is 2.95. The number of benzene rings is 2. The van der Waals surface area contributed by atoms with Crippen LogP contribution in [0, 0.1) is 16.0 Å². The second-order valence-electron chi connectivity index (χ2n) is 10.7. The van der Waals surface area contributed by atoms with Gasteiger partial charge >= 0.3 is 12.4 Å². The van der Waals surface area contributed by atoms with Crippen LogP contribution in [0.3, 0.4) is 0 Å². The van der Waals surface area contributed by atoms with Gasteiger partial charge in [-0.2, -0.15) is 26.3 Å². The highest BCUT2D eigenvalue weighted by molar-refractivity contribution is 5.77. The fourth-order valence-electron chi connectivity index (χ4n) is 5.38. The summed E-state index contributed by atoms with van der Waals surface area (Å²) in [6.45, 7) is 1.73. The Morgan fingerprint density at radius 3 is 2.14 bits per heavy atom. The van der Waals surface area contributed by atoms with E-state index in [9.17, 15) is 41.3 Å². The molecule has 2 fully saturated rings. The molecule has 0 spiro atoms. The zero-order valence-electron chi connectivity index (χ0n) is 22.6. The first kappa shape index (κ1) is 31.4. The molecule has 230 valence electrons. The van der Waals surface area contributed by atoms with Crippen LogP contribution < -0.4 is 15.5 Å². The number of hydrogen-bond donors (Lipinski definition) is 2. The SMILES string of the molecule is O=C(COC1CCC(Nc2ccc([N+](=O)[O-])c(C(F)(F)F)c2)CC1)NCC1CCN(c2ccc(C(F)(F)F)cc2)CC1. The molecule has 4 rings (SSSR count). The van der Waals surface area contributed by atoms with Crippen molar-refractivity contribution in [2.45, 2.75) is 63.0 Å². The van der Waals surface area contributed by atoms with Gasteiger partial charge in [-0.3, -0.25) is 14.9 Å². The van der Waals surface area contributed by atoms with E-state index in [0.717, 1.165) is 42.8 Å². The lowest BCUT2D eigenvalue weighted by Crippen LogP contribution is -2.40. The van der Waals surface area contributed by atoms with Gasteiger partial charge in [0.25, 0.3) is 5.69 Å². The summed E-state index contributed by atoms with van der Waals surface area (Å²) in [6.07, 6.45) is -5.39. The lowest BCUT2D eigenvalue weighted by molar-refractivity contribution is -0.388. The first-order valence-electron chi connectivity index (χ1n) is 13.7. The van der Waals surface area contributed by atoms with Crippen molar-refractivity contribution in [2.75, 3.05) is 36.5 Å². The third-order valence-electron chi connectivity index (χ3n) is 7.76. The van der Waals surface area contributed by atoms with Crippen LogP contribution in [-0.4, -0.2) is 49.2 Å². The zero-order chi connectivity index (χ0) is 30.5. The van der Waals surface area contributed by atoms with Crippen molar-refractivity contribution in [3.05, 3.63) is 63.7 Å². The largest absolute Gasteiger partial charge is 0.423 e. The first-order chi connectivity index (χ1) is 19.8. The average molecular weight is 603 g/mol. The molecule has 1 saturated heterocycles. The fraction of sp³-hybridized carbons (Fsp3) is 0.536. The number of carbonyl (C=O) groups is 1. The molecule has 8 nitrogen and oxygen atoms in total. The molecule has 1 heterocycles. The topological polar surface area (TPSA) is 96.7 Å². The summed E-state index contributed by atoms with van der Waals surface area (Å²) in [5, 5.41) is 16.8. The van der Waals surface area contributed by atoms with E-state index in [4.69, 9.17) is 4.74 Å². The van der Waals surface area contributed by atoms with Crippen LogP contribution in [0.25, 0.3) is 0 Å². The van der Waals surface area contributed by atoms with Gasteiger partial charge in [0, 0.05) is 43.1 Å². The van der Waals surface area contributed by atoms with Crippen molar-refractivity contribution in [1.82, 2.24) is 5.32 Å². The quantitative estimate of drug-likeness (QED) is 0.196. The van der Waals surface area contributed by atoms with E-state index < -0.39 is 34.1 Å². The molecule has 2 aromatic rings. The smallest absolute Gasteiger partial charge is 0.382 e. The van der Waals surface area contributed by atoms with Crippen LogP contribution in [-0.2, 0) is 21.9 Å². The molecule has 1 amide bonds. The number of amides is 1. The minimum Gasteiger partial charge on any atom is -0.382 e. The number of nitro benzene ring substituents is 1. The number of nitro groups is 1. The fourth-order valence-corrected chi connectivity index (χ4v) is 5.38. The van der Waals surface area contributed by atoms with Crippen molar-refractivity contribution in [3.63, 3.8) is 0 Å². The van der Waals surface area contributed by atoms with E-state index in [2.05, 4.69) is 10.6 Å². The third-order valence-corrected chi connectivity index (χ3v) is 7.76. The predicted octanol–water partition coefficient (Wildman–Crippen LogP) is 6.40. The van der Waals surface area contributed by atoms with Gasteiger partial charge < -0.3 is 20.3 Å². The van der Waals surface area contributed by atoms with Crippen LogP contribution in [0.5, 0.6) is 0 Å². The lowest BCUT2D eigenvalue weighted by Gasteiger charge is -2.34. The Hall–Kier alpha value is -3.55. The van der Waals surface area contributed by atoms with E-state index in [-0.39, 0.29) is 36.3 Å². The second-order valence-corrected chi connectivity index (χ2v) is 10.7. The molecule has 0 atom stereocenters. The summed E-state index contributed by atoms with van der Waals surface area (Å²) < 4.78 is 83.8. The zero-order valence-corrected chi connectivity index (χ0v) is 22.6. The molecule has 2 N–H and O–H groups in total. The van der Waals surface area contributed by atoms with Gasteiger partial charge in [-0.05, 0) is 80.8 Å². The number of ether oxygens (including phenoxy) is 1. The highest BCUT2D eigenvalue weighted by Crippen LogP contribution is 2.38. The third kappa shape index (κ3) is 8.49. The maximum absolute atomic E-state index is 13.2. The van der Waals surface area contributed by atoms with Crippen molar-refractivity contribution in [2.24, 2.45) is 5.92 Å². The number of carbonyl (C=O) groups excluding carboxylic acids is 1. The molecule has 0 aromatic heterocycles. The van der Waals surface area contributed by atoms with Gasteiger partial charge in [0.05, 0.1) is 16.6 Å². The molecule has 42 heavy (non-hydrogen) atoms. The van der Waals surface area contributed by atoms with Crippen molar-refractivity contribution in [1.29, 1.82) is 0 Å². The van der Waals surface area contributed by atoms with E-state index in [0.29, 0.717) is 45.3 Å². The summed E-state index contributed by atoms with van der Waals surface area (Å²) in [4.78, 5) is 24.3. The van der Waals surface area contributed by atoms with Gasteiger partial charge in [-0.15, -0.1) is 0 Å². The molecule has 1 aliphatic carbocycles. The molecule has 1 saturated carbocycles. The molecule has 2 aliphatic rings. The molecular formula is C28H32F6N4O4. The maximum atomic E-state index is 13.2. The van der Waals surface area contributed by atoms with Crippen LogP contribution in [0.2, 0.25) is 0 Å². The minimum absolute atomic E-state index is 0.107. The van der Waals surface area contributed by atoms with Crippen LogP contribution >= 0.6 is 0 Å². The van der Waals surface area contributed by atoms with Crippen molar-refractivity contribution < 1.29 is 40.8 Å². The summed E-state index contributed by atoms with van der Waals surface area (Å²) in [5.74, 6) is 0.00409. The van der Waals surface area contributed by atoms with E-state index >= 15 is 0 Å². The highest BCUT2D eigenvalue weighted by atomic mass is 19.4. The van der Waals surface area contributed by atoms with Gasteiger partial charge in [-0.1, -0.05) is 0 Å². The Balaban J connectivity index is 1.13. The highest BCUT2D eigenvalue weighted by Gasteiger charge is 2.38. The lowest BCUT2D eigenvalue weighted by atomic mass is 9.92. The number of nitrogens with one attached hydrogen (secondary N) is 2. The Bertz CT molecular complexity index is 1220. The number of anilines is 2. The van der Waals surface area contributed by atoms with Crippen LogP contribution in [0.4, 0.5) is 43.4 Å². The van der Waals surface area contributed by atoms with Crippen LogP contribution in [0.15, 0.2) is 42.5 Å². The standard InChI is InChI=1S/C28H32F6N4O4/c29-27(30,31)19-1-6-22(7-2-19)37-13-11-18(12-14-37)16-35-26(39)17-42-23-8-3-20(4-9-23)36-21-5-10-25(38(40)41)24(15-21)28(32,33)34/h1-2,5-7,10,15,18,20,23,36H,3-4,8-9,11-14,16-17H2,(H,35,39). The monoisotopic (exact) mass is 602 g/mol. The molecule has 14 heteroatoms. The van der Waals surface area contributed by atoms with Crippen molar-refractivity contribution >= 4 is 23.0 Å². The van der Waals surface area contributed by atoms with Gasteiger partial charge in [-0.25, -0.2) is 0 Å². The number of alkyl halides is 6. The number of nitrogens with zero attached hydrogens (tertiary/aromatic N) is 2. The normalized spacial score (nSPS) is 20.3.